The maximum atomic E-state index is 12.3. The van der Waals surface area contributed by atoms with Crippen molar-refractivity contribution >= 4 is 18.2 Å². The molecule has 4 atom stereocenters. The molecule has 1 unspecified atom stereocenters. The topological polar surface area (TPSA) is 78.9 Å². The molecule has 0 aromatic carbocycles. The van der Waals surface area contributed by atoms with Crippen LogP contribution in [0.1, 0.15) is 33.6 Å². The first-order chi connectivity index (χ1) is 12.3. The minimum atomic E-state index is -0.891. The highest BCUT2D eigenvalue weighted by molar-refractivity contribution is 5.91. The van der Waals surface area contributed by atoms with E-state index in [0.717, 1.165) is 12.0 Å². The number of rotatable bonds is 4. The minimum Gasteiger partial charge on any atom is -0.458 e. The van der Waals surface area contributed by atoms with Gasteiger partial charge in [0, 0.05) is 18.3 Å². The molecule has 2 aliphatic rings. The van der Waals surface area contributed by atoms with Crippen LogP contribution in [0.5, 0.6) is 0 Å². The van der Waals surface area contributed by atoms with Crippen molar-refractivity contribution in [1.82, 2.24) is 0 Å². The molecule has 0 N–H and O–H groups in total. The Morgan fingerprint density at radius 1 is 1.42 bits per heavy atom. The number of hydrogen-bond donors (Lipinski definition) is 0. The first-order valence-corrected chi connectivity index (χ1v) is 8.75. The maximum absolute atomic E-state index is 12.3. The molecule has 6 heteroatoms. The van der Waals surface area contributed by atoms with E-state index in [1.165, 1.54) is 7.11 Å². The highest BCUT2D eigenvalue weighted by Gasteiger charge is 2.48. The van der Waals surface area contributed by atoms with Crippen LogP contribution in [0.4, 0.5) is 0 Å². The molecule has 0 aromatic rings. The number of methoxy groups -OCH3 is 1. The molecule has 0 aromatic heterocycles. The van der Waals surface area contributed by atoms with Crippen LogP contribution in [0, 0.1) is 11.8 Å². The Morgan fingerprint density at radius 2 is 2.12 bits per heavy atom. The van der Waals surface area contributed by atoms with E-state index in [1.54, 1.807) is 19.9 Å². The van der Waals surface area contributed by atoms with E-state index in [4.69, 9.17) is 14.2 Å². The van der Waals surface area contributed by atoms with Crippen LogP contribution in [0.2, 0.25) is 0 Å². The second-order valence-electron chi connectivity index (χ2n) is 7.01. The zero-order chi connectivity index (χ0) is 19.4. The summed E-state index contributed by atoms with van der Waals surface area (Å²) in [6, 6.07) is 0. The van der Waals surface area contributed by atoms with Crippen LogP contribution in [0.15, 0.2) is 35.5 Å². The van der Waals surface area contributed by atoms with Crippen molar-refractivity contribution in [2.24, 2.45) is 11.8 Å². The minimum absolute atomic E-state index is 0.216. The number of fused-ring (bicyclic) bond motifs is 1. The van der Waals surface area contributed by atoms with Crippen LogP contribution in [0.25, 0.3) is 0 Å². The average Bonchev–Trinajstić information content (AvgIpc) is 2.86. The fourth-order valence-electron chi connectivity index (χ4n) is 3.24. The summed E-state index contributed by atoms with van der Waals surface area (Å²) in [7, 11) is 1.44. The van der Waals surface area contributed by atoms with Crippen LogP contribution >= 0.6 is 0 Å². The van der Waals surface area contributed by atoms with E-state index in [1.807, 2.05) is 13.0 Å². The SMILES string of the molecule is C=C1C(=O)O[C@@H]2C=C(C)CCC=C(C=O)C(OC)[C@@H](OC(=O)C(C)C)[C@@H]12. The van der Waals surface area contributed by atoms with Crippen molar-refractivity contribution in [2.45, 2.75) is 51.9 Å². The average molecular weight is 362 g/mol. The van der Waals surface area contributed by atoms with Crippen LogP contribution < -0.4 is 0 Å². The number of hydrogen-bond acceptors (Lipinski definition) is 6. The molecule has 142 valence electrons. The lowest BCUT2D eigenvalue weighted by molar-refractivity contribution is -0.163. The van der Waals surface area contributed by atoms with Crippen molar-refractivity contribution in [3.05, 3.63) is 35.5 Å². The molecule has 0 bridgehead atoms. The van der Waals surface area contributed by atoms with E-state index >= 15 is 0 Å². The monoisotopic (exact) mass is 362 g/mol. The summed E-state index contributed by atoms with van der Waals surface area (Å²) in [4.78, 5) is 36.1. The molecule has 0 amide bonds. The van der Waals surface area contributed by atoms with E-state index < -0.39 is 36.2 Å². The highest BCUT2D eigenvalue weighted by Crippen LogP contribution is 2.37. The van der Waals surface area contributed by atoms with Crippen LogP contribution in [0.3, 0.4) is 0 Å². The van der Waals surface area contributed by atoms with Gasteiger partial charge in [-0.3, -0.25) is 9.59 Å². The van der Waals surface area contributed by atoms with Gasteiger partial charge in [0.15, 0.2) is 0 Å². The van der Waals surface area contributed by atoms with Gasteiger partial charge in [0.1, 0.15) is 24.6 Å². The maximum Gasteiger partial charge on any atom is 0.334 e. The molecule has 1 aliphatic heterocycles. The smallest absolute Gasteiger partial charge is 0.334 e. The van der Waals surface area contributed by atoms with Gasteiger partial charge in [-0.15, -0.1) is 0 Å². The summed E-state index contributed by atoms with van der Waals surface area (Å²) in [5.74, 6) is -1.95. The predicted molar refractivity (Wildman–Crippen MR) is 95.2 cm³/mol. The lowest BCUT2D eigenvalue weighted by atomic mass is 9.83. The molecule has 0 saturated carbocycles. The molecule has 0 spiro atoms. The number of carbonyl (C=O) groups is 3. The molecule has 1 aliphatic carbocycles. The molecule has 6 nitrogen and oxygen atoms in total. The van der Waals surface area contributed by atoms with Crippen molar-refractivity contribution in [3.63, 3.8) is 0 Å². The Balaban J connectivity index is 2.55. The second-order valence-corrected chi connectivity index (χ2v) is 7.01. The molecule has 1 saturated heterocycles. The molecule has 1 fully saturated rings. The van der Waals surface area contributed by atoms with Gasteiger partial charge < -0.3 is 14.2 Å². The number of carbonyl (C=O) groups excluding carboxylic acids is 3. The molecule has 2 rings (SSSR count). The second kappa shape index (κ2) is 8.45. The van der Waals surface area contributed by atoms with E-state index in [2.05, 4.69) is 6.58 Å². The van der Waals surface area contributed by atoms with E-state index in [-0.39, 0.29) is 11.5 Å². The lowest BCUT2D eigenvalue weighted by Gasteiger charge is -2.33. The third kappa shape index (κ3) is 4.12. The Hall–Kier alpha value is -2.21. The van der Waals surface area contributed by atoms with Crippen molar-refractivity contribution in [3.8, 4) is 0 Å². The van der Waals surface area contributed by atoms with Gasteiger partial charge in [0.25, 0.3) is 0 Å². The largest absolute Gasteiger partial charge is 0.458 e. The van der Waals surface area contributed by atoms with Crippen molar-refractivity contribution < 1.29 is 28.6 Å². The summed E-state index contributed by atoms with van der Waals surface area (Å²) >= 11 is 0. The zero-order valence-corrected chi connectivity index (χ0v) is 15.7. The number of allylic oxidation sites excluding steroid dienone is 2. The van der Waals surface area contributed by atoms with Gasteiger partial charge >= 0.3 is 11.9 Å². The summed E-state index contributed by atoms with van der Waals surface area (Å²) in [6.45, 7) is 9.20. The fraction of sp³-hybridized carbons (Fsp3) is 0.550. The molecule has 0 radical (unpaired) electrons. The Morgan fingerprint density at radius 3 is 2.69 bits per heavy atom. The third-order valence-electron chi connectivity index (χ3n) is 4.72. The lowest BCUT2D eigenvalue weighted by Crippen LogP contribution is -2.44. The summed E-state index contributed by atoms with van der Waals surface area (Å²) in [6.07, 6.45) is 3.41. The Bertz CT molecular complexity index is 657. The van der Waals surface area contributed by atoms with Crippen molar-refractivity contribution in [2.75, 3.05) is 7.11 Å². The van der Waals surface area contributed by atoms with Crippen LogP contribution in [-0.4, -0.2) is 43.6 Å². The fourth-order valence-corrected chi connectivity index (χ4v) is 3.24. The van der Waals surface area contributed by atoms with E-state index in [0.29, 0.717) is 18.3 Å². The summed E-state index contributed by atoms with van der Waals surface area (Å²) in [5.41, 5.74) is 1.62. The standard InChI is InChI=1S/C20H26O6/c1-11(2)19(22)26-18-16-13(4)20(23)25-15(16)9-12(3)7-6-8-14(10-21)17(18)24-5/h8-11,15-18H,4,6-7H2,1-3,5H3/t15-,16+,17?,18+/m1/s1. The zero-order valence-electron chi connectivity index (χ0n) is 15.7. The first kappa shape index (κ1) is 20.1. The third-order valence-corrected chi connectivity index (χ3v) is 4.72. The summed E-state index contributed by atoms with van der Waals surface area (Å²) < 4.78 is 16.7. The highest BCUT2D eigenvalue weighted by atomic mass is 16.6. The quantitative estimate of drug-likeness (QED) is 0.331. The molecule has 1 heterocycles. The van der Waals surface area contributed by atoms with Crippen molar-refractivity contribution in [1.29, 1.82) is 0 Å². The van der Waals surface area contributed by atoms with Gasteiger partial charge in [-0.1, -0.05) is 32.1 Å². The predicted octanol–water partition coefficient (Wildman–Crippen LogP) is 2.53. The number of esters is 2. The van der Waals surface area contributed by atoms with Crippen LogP contribution in [-0.2, 0) is 28.6 Å². The number of ether oxygens (including phenoxy) is 3. The normalized spacial score (nSPS) is 29.4. The van der Waals surface area contributed by atoms with Gasteiger partial charge in [-0.2, -0.15) is 0 Å². The van der Waals surface area contributed by atoms with Gasteiger partial charge in [0.2, 0.25) is 0 Å². The molecule has 26 heavy (non-hydrogen) atoms. The van der Waals surface area contributed by atoms with E-state index in [9.17, 15) is 14.4 Å². The summed E-state index contributed by atoms with van der Waals surface area (Å²) in [5, 5.41) is 0. The molecular formula is C20H26O6. The van der Waals surface area contributed by atoms with Gasteiger partial charge in [-0.05, 0) is 25.8 Å². The molecular weight excluding hydrogens is 336 g/mol. The number of aldehydes is 1. The Labute approximate surface area is 153 Å². The van der Waals surface area contributed by atoms with Gasteiger partial charge in [0.05, 0.1) is 11.8 Å². The first-order valence-electron chi connectivity index (χ1n) is 8.75. The van der Waals surface area contributed by atoms with Gasteiger partial charge in [-0.25, -0.2) is 4.79 Å². The Kier molecular flexibility index (Phi) is 6.53.